The molecule has 3 heteroatoms. The zero-order valence-electron chi connectivity index (χ0n) is 11.3. The highest BCUT2D eigenvalue weighted by molar-refractivity contribution is 9.10. The summed E-state index contributed by atoms with van der Waals surface area (Å²) in [6, 6.07) is 5.26. The van der Waals surface area contributed by atoms with Gasteiger partial charge in [0.1, 0.15) is 5.82 Å². The van der Waals surface area contributed by atoms with Crippen LogP contribution in [-0.2, 0) is 6.42 Å². The second-order valence-corrected chi connectivity index (χ2v) is 7.78. The van der Waals surface area contributed by atoms with Crippen LogP contribution in [0.4, 0.5) is 4.39 Å². The molecule has 3 unspecified atom stereocenters. The lowest BCUT2D eigenvalue weighted by Gasteiger charge is -2.33. The molecule has 1 aliphatic rings. The molecule has 1 aromatic rings. The maximum absolute atomic E-state index is 13.9. The fraction of sp³-hybridized carbons (Fsp3) is 0.625. The largest absolute Gasteiger partial charge is 0.207 e. The molecule has 19 heavy (non-hydrogen) atoms. The van der Waals surface area contributed by atoms with Gasteiger partial charge in [0.05, 0.1) is 0 Å². The molecule has 0 amide bonds. The number of hydrogen-bond acceptors (Lipinski definition) is 0. The van der Waals surface area contributed by atoms with Gasteiger partial charge in [-0.15, -0.1) is 0 Å². The molecular formula is C16H21Br2F. The molecule has 1 aromatic carbocycles. The van der Waals surface area contributed by atoms with Crippen molar-refractivity contribution in [3.8, 4) is 0 Å². The smallest absolute Gasteiger partial charge is 0.126 e. The monoisotopic (exact) mass is 390 g/mol. The van der Waals surface area contributed by atoms with Gasteiger partial charge in [0.2, 0.25) is 0 Å². The van der Waals surface area contributed by atoms with Gasteiger partial charge >= 0.3 is 0 Å². The van der Waals surface area contributed by atoms with Crippen molar-refractivity contribution in [1.29, 1.82) is 0 Å². The van der Waals surface area contributed by atoms with E-state index in [1.165, 1.54) is 32.1 Å². The maximum Gasteiger partial charge on any atom is 0.126 e. The van der Waals surface area contributed by atoms with Gasteiger partial charge in [-0.2, -0.15) is 0 Å². The van der Waals surface area contributed by atoms with Crippen LogP contribution in [0, 0.1) is 17.7 Å². The standard InChI is InChI=1S/C16H21Br2F/c1-2-3-11-4-6-15(18)12(8-11)9-13-10-14(17)5-7-16(13)19/h5,7,10-12,15H,2-4,6,8-9H2,1H3. The van der Waals surface area contributed by atoms with E-state index in [1.54, 1.807) is 12.1 Å². The van der Waals surface area contributed by atoms with E-state index in [4.69, 9.17) is 0 Å². The summed E-state index contributed by atoms with van der Waals surface area (Å²) >= 11 is 7.23. The molecular weight excluding hydrogens is 371 g/mol. The molecule has 1 saturated carbocycles. The number of benzene rings is 1. The highest BCUT2D eigenvalue weighted by Gasteiger charge is 2.29. The number of hydrogen-bond donors (Lipinski definition) is 0. The molecule has 0 aromatic heterocycles. The number of halogens is 3. The molecule has 0 spiro atoms. The molecule has 3 atom stereocenters. The third kappa shape index (κ3) is 4.29. The molecule has 2 rings (SSSR count). The molecule has 0 bridgehead atoms. The van der Waals surface area contributed by atoms with Gasteiger partial charge in [-0.3, -0.25) is 0 Å². The maximum atomic E-state index is 13.9. The van der Waals surface area contributed by atoms with Gasteiger partial charge in [0, 0.05) is 9.30 Å². The van der Waals surface area contributed by atoms with Crippen molar-refractivity contribution < 1.29 is 4.39 Å². The van der Waals surface area contributed by atoms with Crippen LogP contribution in [0.3, 0.4) is 0 Å². The Balaban J connectivity index is 2.05. The molecule has 0 radical (unpaired) electrons. The minimum absolute atomic E-state index is 0.0690. The minimum Gasteiger partial charge on any atom is -0.207 e. The second-order valence-electron chi connectivity index (χ2n) is 5.68. The van der Waals surface area contributed by atoms with Gasteiger partial charge in [-0.1, -0.05) is 51.6 Å². The lowest BCUT2D eigenvalue weighted by molar-refractivity contribution is 0.262. The van der Waals surface area contributed by atoms with Crippen LogP contribution < -0.4 is 0 Å². The summed E-state index contributed by atoms with van der Waals surface area (Å²) in [5.74, 6) is 1.33. The van der Waals surface area contributed by atoms with Crippen LogP contribution in [0.15, 0.2) is 22.7 Å². The lowest BCUT2D eigenvalue weighted by Crippen LogP contribution is -2.27. The Hall–Kier alpha value is 0.110. The second kappa shape index (κ2) is 7.21. The van der Waals surface area contributed by atoms with Crippen molar-refractivity contribution >= 4 is 31.9 Å². The fourth-order valence-electron chi connectivity index (χ4n) is 3.19. The van der Waals surface area contributed by atoms with Crippen LogP contribution in [0.2, 0.25) is 0 Å². The van der Waals surface area contributed by atoms with Crippen LogP contribution in [-0.4, -0.2) is 4.83 Å². The van der Waals surface area contributed by atoms with Gasteiger partial charge in [0.15, 0.2) is 0 Å². The molecule has 0 nitrogen and oxygen atoms in total. The first kappa shape index (κ1) is 15.5. The van der Waals surface area contributed by atoms with Crippen molar-refractivity contribution in [3.63, 3.8) is 0 Å². The first-order valence-electron chi connectivity index (χ1n) is 7.18. The number of alkyl halides is 1. The predicted molar refractivity (Wildman–Crippen MR) is 86.3 cm³/mol. The van der Waals surface area contributed by atoms with Crippen molar-refractivity contribution in [2.45, 2.75) is 50.3 Å². The SMILES string of the molecule is CCCC1CCC(Br)C(Cc2cc(Br)ccc2F)C1. The Morgan fingerprint density at radius 1 is 1.32 bits per heavy atom. The van der Waals surface area contributed by atoms with Crippen LogP contribution in [0.25, 0.3) is 0 Å². The molecule has 0 heterocycles. The summed E-state index contributed by atoms with van der Waals surface area (Å²) in [6.45, 7) is 2.25. The van der Waals surface area contributed by atoms with E-state index in [-0.39, 0.29) is 5.82 Å². The van der Waals surface area contributed by atoms with E-state index >= 15 is 0 Å². The van der Waals surface area contributed by atoms with Crippen LogP contribution >= 0.6 is 31.9 Å². The average Bonchev–Trinajstić information content (AvgIpc) is 2.38. The molecule has 106 valence electrons. The van der Waals surface area contributed by atoms with E-state index in [2.05, 4.69) is 38.8 Å². The molecule has 1 fully saturated rings. The normalized spacial score (nSPS) is 27.5. The van der Waals surface area contributed by atoms with E-state index in [1.807, 2.05) is 6.07 Å². The van der Waals surface area contributed by atoms with E-state index in [0.717, 1.165) is 22.4 Å². The Kier molecular flexibility index (Phi) is 5.88. The Bertz CT molecular complexity index is 419. The van der Waals surface area contributed by atoms with Gasteiger partial charge in [-0.05, 0) is 61.3 Å². The lowest BCUT2D eigenvalue weighted by atomic mass is 9.77. The van der Waals surface area contributed by atoms with Gasteiger partial charge in [0.25, 0.3) is 0 Å². The summed E-state index contributed by atoms with van der Waals surface area (Å²) in [5, 5.41) is 0. The minimum atomic E-state index is -0.0690. The Morgan fingerprint density at radius 3 is 2.84 bits per heavy atom. The van der Waals surface area contributed by atoms with Crippen LogP contribution in [0.1, 0.15) is 44.6 Å². The summed E-state index contributed by atoms with van der Waals surface area (Å²) in [6.07, 6.45) is 7.20. The van der Waals surface area contributed by atoms with Gasteiger partial charge < -0.3 is 0 Å². The first-order chi connectivity index (χ1) is 9.10. The highest BCUT2D eigenvalue weighted by atomic mass is 79.9. The quantitative estimate of drug-likeness (QED) is 0.543. The summed E-state index contributed by atoms with van der Waals surface area (Å²) < 4.78 is 14.8. The van der Waals surface area contributed by atoms with Crippen molar-refractivity contribution in [3.05, 3.63) is 34.1 Å². The molecule has 0 aliphatic heterocycles. The zero-order chi connectivity index (χ0) is 13.8. The van der Waals surface area contributed by atoms with E-state index in [0.29, 0.717) is 10.7 Å². The Labute approximate surface area is 132 Å². The predicted octanol–water partition coefficient (Wildman–Crippen LogP) is 6.11. The Morgan fingerprint density at radius 2 is 2.11 bits per heavy atom. The fourth-order valence-corrected chi connectivity index (χ4v) is 4.26. The first-order valence-corrected chi connectivity index (χ1v) is 8.89. The average molecular weight is 392 g/mol. The zero-order valence-corrected chi connectivity index (χ0v) is 14.5. The summed E-state index contributed by atoms with van der Waals surface area (Å²) in [5.41, 5.74) is 0.848. The van der Waals surface area contributed by atoms with Crippen LogP contribution in [0.5, 0.6) is 0 Å². The van der Waals surface area contributed by atoms with E-state index in [9.17, 15) is 4.39 Å². The molecule has 0 saturated heterocycles. The molecule has 0 N–H and O–H groups in total. The topological polar surface area (TPSA) is 0 Å². The van der Waals surface area contributed by atoms with E-state index < -0.39 is 0 Å². The third-order valence-electron chi connectivity index (χ3n) is 4.19. The van der Waals surface area contributed by atoms with Crippen molar-refractivity contribution in [1.82, 2.24) is 0 Å². The number of rotatable bonds is 4. The summed E-state index contributed by atoms with van der Waals surface area (Å²) in [7, 11) is 0. The van der Waals surface area contributed by atoms with Crippen molar-refractivity contribution in [2.24, 2.45) is 11.8 Å². The van der Waals surface area contributed by atoms with Crippen molar-refractivity contribution in [2.75, 3.05) is 0 Å². The third-order valence-corrected chi connectivity index (χ3v) is 5.88. The highest BCUT2D eigenvalue weighted by Crippen LogP contribution is 2.38. The van der Waals surface area contributed by atoms with Gasteiger partial charge in [-0.25, -0.2) is 4.39 Å². The summed E-state index contributed by atoms with van der Waals surface area (Å²) in [4.78, 5) is 0.541. The molecule has 1 aliphatic carbocycles.